The van der Waals surface area contributed by atoms with E-state index in [4.69, 9.17) is 0 Å². The molecule has 0 aliphatic heterocycles. The van der Waals surface area contributed by atoms with Crippen LogP contribution in [-0.2, 0) is 11.3 Å². The summed E-state index contributed by atoms with van der Waals surface area (Å²) in [5.41, 5.74) is 2.85. The van der Waals surface area contributed by atoms with Crippen molar-refractivity contribution in [3.63, 3.8) is 0 Å². The number of carbonyl (C=O) groups is 1. The molecule has 0 bridgehead atoms. The Balaban J connectivity index is 1.70. The highest BCUT2D eigenvalue weighted by molar-refractivity contribution is 9.10. The van der Waals surface area contributed by atoms with E-state index in [1.807, 2.05) is 41.8 Å². The van der Waals surface area contributed by atoms with Gasteiger partial charge < -0.3 is 9.88 Å². The maximum absolute atomic E-state index is 12.5. The van der Waals surface area contributed by atoms with Gasteiger partial charge in [0.1, 0.15) is 0 Å². The molecule has 3 rings (SSSR count). The quantitative estimate of drug-likeness (QED) is 0.504. The lowest BCUT2D eigenvalue weighted by Gasteiger charge is -2.14. The van der Waals surface area contributed by atoms with E-state index in [0.29, 0.717) is 12.5 Å². The molecule has 0 unspecified atom stereocenters. The van der Waals surface area contributed by atoms with Crippen molar-refractivity contribution in [3.8, 4) is 11.4 Å². The first-order chi connectivity index (χ1) is 13.5. The van der Waals surface area contributed by atoms with Gasteiger partial charge in [-0.3, -0.25) is 9.78 Å². The van der Waals surface area contributed by atoms with Gasteiger partial charge in [0.15, 0.2) is 11.0 Å². The molecule has 1 N–H and O–H groups in total. The van der Waals surface area contributed by atoms with E-state index in [0.717, 1.165) is 32.3 Å². The summed E-state index contributed by atoms with van der Waals surface area (Å²) in [6, 6.07) is 9.72. The number of hydrogen-bond acceptors (Lipinski definition) is 5. The lowest BCUT2D eigenvalue weighted by Crippen LogP contribution is -2.16. The van der Waals surface area contributed by atoms with E-state index >= 15 is 0 Å². The highest BCUT2D eigenvalue weighted by atomic mass is 79.9. The normalized spacial score (nSPS) is 11.0. The predicted molar refractivity (Wildman–Crippen MR) is 117 cm³/mol. The van der Waals surface area contributed by atoms with Gasteiger partial charge in [-0.1, -0.05) is 41.5 Å². The fourth-order valence-corrected chi connectivity index (χ4v) is 4.01. The zero-order valence-corrected chi connectivity index (χ0v) is 18.4. The minimum Gasteiger partial charge on any atom is -0.325 e. The molecule has 0 radical (unpaired) electrons. The van der Waals surface area contributed by atoms with E-state index in [1.54, 1.807) is 12.4 Å². The van der Waals surface area contributed by atoms with Crippen LogP contribution in [0.4, 0.5) is 5.69 Å². The van der Waals surface area contributed by atoms with Gasteiger partial charge in [-0.05, 0) is 48.7 Å². The number of carbonyl (C=O) groups excluding carboxylic acids is 1. The average Bonchev–Trinajstić information content (AvgIpc) is 3.11. The molecular formula is C20H22BrN5OS. The zero-order chi connectivity index (χ0) is 20.1. The van der Waals surface area contributed by atoms with Crippen molar-refractivity contribution in [1.29, 1.82) is 0 Å². The standard InChI is InChI=1S/C20H22BrN5OS/c1-4-26-19(14-6-5-9-22-11-14)24-25-20(26)28-12-18(27)23-17-8-7-15(21)10-16(17)13(2)3/h5-11,13H,4,12H2,1-3H3,(H,23,27). The van der Waals surface area contributed by atoms with Crippen LogP contribution < -0.4 is 5.32 Å². The number of halogens is 1. The fourth-order valence-electron chi connectivity index (χ4n) is 2.83. The van der Waals surface area contributed by atoms with Crippen LogP contribution in [0.15, 0.2) is 52.4 Å². The Morgan fingerprint density at radius 2 is 2.11 bits per heavy atom. The van der Waals surface area contributed by atoms with Gasteiger partial charge in [-0.2, -0.15) is 0 Å². The second-order valence-electron chi connectivity index (χ2n) is 6.52. The van der Waals surface area contributed by atoms with Crippen LogP contribution >= 0.6 is 27.7 Å². The molecule has 0 aliphatic rings. The van der Waals surface area contributed by atoms with E-state index in [2.05, 4.69) is 50.3 Å². The van der Waals surface area contributed by atoms with Crippen LogP contribution in [0.1, 0.15) is 32.3 Å². The second-order valence-corrected chi connectivity index (χ2v) is 8.37. The Morgan fingerprint density at radius 1 is 1.29 bits per heavy atom. The summed E-state index contributed by atoms with van der Waals surface area (Å²) in [5.74, 6) is 1.26. The Labute approximate surface area is 177 Å². The van der Waals surface area contributed by atoms with E-state index < -0.39 is 0 Å². The molecule has 146 valence electrons. The number of benzene rings is 1. The number of nitrogens with one attached hydrogen (secondary N) is 1. The van der Waals surface area contributed by atoms with Crippen LogP contribution in [0.25, 0.3) is 11.4 Å². The van der Waals surface area contributed by atoms with Gasteiger partial charge in [-0.15, -0.1) is 10.2 Å². The highest BCUT2D eigenvalue weighted by Gasteiger charge is 2.16. The summed E-state index contributed by atoms with van der Waals surface area (Å²) >= 11 is 4.87. The third-order valence-electron chi connectivity index (χ3n) is 4.19. The summed E-state index contributed by atoms with van der Waals surface area (Å²) < 4.78 is 3.00. The Bertz CT molecular complexity index is 958. The van der Waals surface area contributed by atoms with E-state index in [9.17, 15) is 4.79 Å². The monoisotopic (exact) mass is 459 g/mol. The first kappa shape index (κ1) is 20.5. The third kappa shape index (κ3) is 4.80. The molecule has 3 aromatic rings. The number of rotatable bonds is 7. The van der Waals surface area contributed by atoms with E-state index in [-0.39, 0.29) is 11.7 Å². The van der Waals surface area contributed by atoms with Crippen LogP contribution in [0.2, 0.25) is 0 Å². The fraction of sp³-hybridized carbons (Fsp3) is 0.300. The summed E-state index contributed by atoms with van der Waals surface area (Å²) in [6.45, 7) is 6.96. The SMILES string of the molecule is CCn1c(SCC(=O)Nc2ccc(Br)cc2C(C)C)nnc1-c1cccnc1. The molecule has 1 amide bonds. The first-order valence-corrected chi connectivity index (χ1v) is 10.8. The maximum atomic E-state index is 12.5. The number of aromatic nitrogens is 4. The van der Waals surface area contributed by atoms with Crippen molar-refractivity contribution in [2.45, 2.75) is 38.4 Å². The lowest BCUT2D eigenvalue weighted by molar-refractivity contribution is -0.113. The molecule has 0 spiro atoms. The van der Waals surface area contributed by atoms with Gasteiger partial charge in [0, 0.05) is 34.7 Å². The number of nitrogens with zero attached hydrogens (tertiary/aromatic N) is 4. The number of amides is 1. The van der Waals surface area contributed by atoms with E-state index in [1.165, 1.54) is 11.8 Å². The molecule has 6 nitrogen and oxygen atoms in total. The first-order valence-electron chi connectivity index (χ1n) is 9.05. The van der Waals surface area contributed by atoms with Crippen LogP contribution in [0.3, 0.4) is 0 Å². The van der Waals surface area contributed by atoms with Gasteiger partial charge in [0.05, 0.1) is 5.75 Å². The largest absolute Gasteiger partial charge is 0.325 e. The number of anilines is 1. The van der Waals surface area contributed by atoms with Gasteiger partial charge in [0.25, 0.3) is 0 Å². The third-order valence-corrected chi connectivity index (χ3v) is 5.65. The molecule has 8 heteroatoms. The molecule has 0 fully saturated rings. The molecule has 0 saturated heterocycles. The van der Waals surface area contributed by atoms with Crippen molar-refractivity contribution >= 4 is 39.3 Å². The summed E-state index contributed by atoms with van der Waals surface area (Å²) in [5, 5.41) is 12.3. The minimum atomic E-state index is -0.0668. The molecule has 1 aromatic carbocycles. The van der Waals surface area contributed by atoms with Gasteiger partial charge in [-0.25, -0.2) is 0 Å². The number of pyridine rings is 1. The molecule has 2 heterocycles. The van der Waals surface area contributed by atoms with Crippen molar-refractivity contribution in [2.75, 3.05) is 11.1 Å². The Kier molecular flexibility index (Phi) is 6.85. The lowest BCUT2D eigenvalue weighted by atomic mass is 10.0. The average molecular weight is 460 g/mol. The Morgan fingerprint density at radius 3 is 2.79 bits per heavy atom. The van der Waals surface area contributed by atoms with Gasteiger partial charge in [0.2, 0.25) is 5.91 Å². The molecular weight excluding hydrogens is 438 g/mol. The van der Waals surface area contributed by atoms with Crippen molar-refractivity contribution in [3.05, 3.63) is 52.8 Å². The number of hydrogen-bond donors (Lipinski definition) is 1. The summed E-state index contributed by atoms with van der Waals surface area (Å²) in [4.78, 5) is 16.7. The highest BCUT2D eigenvalue weighted by Crippen LogP contribution is 2.28. The summed E-state index contributed by atoms with van der Waals surface area (Å²) in [7, 11) is 0. The minimum absolute atomic E-state index is 0.0668. The van der Waals surface area contributed by atoms with Gasteiger partial charge >= 0.3 is 0 Å². The maximum Gasteiger partial charge on any atom is 0.234 e. The molecule has 0 atom stereocenters. The van der Waals surface area contributed by atoms with Crippen LogP contribution in [-0.4, -0.2) is 31.4 Å². The topological polar surface area (TPSA) is 72.7 Å². The Hall–Kier alpha value is -2.19. The zero-order valence-electron chi connectivity index (χ0n) is 16.0. The second kappa shape index (κ2) is 9.34. The van der Waals surface area contributed by atoms with Crippen LogP contribution in [0.5, 0.6) is 0 Å². The molecule has 0 saturated carbocycles. The van der Waals surface area contributed by atoms with Crippen molar-refractivity contribution in [1.82, 2.24) is 19.7 Å². The van der Waals surface area contributed by atoms with Crippen LogP contribution in [0, 0.1) is 0 Å². The smallest absolute Gasteiger partial charge is 0.234 e. The van der Waals surface area contributed by atoms with Crippen molar-refractivity contribution in [2.24, 2.45) is 0 Å². The predicted octanol–water partition coefficient (Wildman–Crippen LogP) is 4.98. The molecule has 28 heavy (non-hydrogen) atoms. The molecule has 2 aromatic heterocycles. The summed E-state index contributed by atoms with van der Waals surface area (Å²) in [6.07, 6.45) is 3.49. The number of thioether (sulfide) groups is 1. The molecule has 0 aliphatic carbocycles. The van der Waals surface area contributed by atoms with Crippen molar-refractivity contribution < 1.29 is 4.79 Å².